The SMILES string of the molecule is CNC(=O)CCNC(=O)c1cc(F)c(NC)c(F)c1. The van der Waals surface area contributed by atoms with Crippen LogP contribution in [0, 0.1) is 11.6 Å². The minimum absolute atomic E-state index is 0.0928. The summed E-state index contributed by atoms with van der Waals surface area (Å²) in [4.78, 5) is 22.6. The highest BCUT2D eigenvalue weighted by Crippen LogP contribution is 2.20. The van der Waals surface area contributed by atoms with E-state index in [4.69, 9.17) is 0 Å². The predicted octanol–water partition coefficient (Wildman–Crippen LogP) is 0.872. The summed E-state index contributed by atoms with van der Waals surface area (Å²) in [6.07, 6.45) is 0.0990. The molecule has 1 rings (SSSR count). The van der Waals surface area contributed by atoms with Crippen LogP contribution in [0.1, 0.15) is 16.8 Å². The van der Waals surface area contributed by atoms with E-state index in [9.17, 15) is 18.4 Å². The highest BCUT2D eigenvalue weighted by Gasteiger charge is 2.14. The van der Waals surface area contributed by atoms with E-state index in [0.717, 1.165) is 12.1 Å². The van der Waals surface area contributed by atoms with Gasteiger partial charge in [-0.25, -0.2) is 8.78 Å². The van der Waals surface area contributed by atoms with E-state index in [-0.39, 0.29) is 30.1 Å². The molecule has 0 aliphatic rings. The van der Waals surface area contributed by atoms with Crippen LogP contribution in [0.3, 0.4) is 0 Å². The van der Waals surface area contributed by atoms with Crippen molar-refractivity contribution in [2.24, 2.45) is 0 Å². The Morgan fingerprint density at radius 1 is 1.16 bits per heavy atom. The van der Waals surface area contributed by atoms with Crippen molar-refractivity contribution < 1.29 is 18.4 Å². The molecule has 104 valence electrons. The van der Waals surface area contributed by atoms with Crippen molar-refractivity contribution in [3.8, 4) is 0 Å². The van der Waals surface area contributed by atoms with Crippen molar-refractivity contribution in [3.05, 3.63) is 29.3 Å². The lowest BCUT2D eigenvalue weighted by Gasteiger charge is -2.08. The molecule has 2 amide bonds. The molecule has 1 aromatic rings. The van der Waals surface area contributed by atoms with E-state index >= 15 is 0 Å². The van der Waals surface area contributed by atoms with Crippen LogP contribution in [0.2, 0.25) is 0 Å². The summed E-state index contributed by atoms with van der Waals surface area (Å²) < 4.78 is 26.9. The Hall–Kier alpha value is -2.18. The molecule has 0 unspecified atom stereocenters. The molecule has 0 saturated heterocycles. The third-order valence-electron chi connectivity index (χ3n) is 2.47. The fourth-order valence-corrected chi connectivity index (χ4v) is 1.46. The first-order chi connectivity index (χ1) is 8.99. The Morgan fingerprint density at radius 3 is 2.21 bits per heavy atom. The molecule has 0 heterocycles. The molecule has 1 aromatic carbocycles. The Labute approximate surface area is 109 Å². The van der Waals surface area contributed by atoms with Crippen LogP contribution in [-0.2, 0) is 4.79 Å². The summed E-state index contributed by atoms with van der Waals surface area (Å²) in [6, 6.07) is 1.87. The van der Waals surface area contributed by atoms with Crippen LogP contribution in [-0.4, -0.2) is 32.5 Å². The number of anilines is 1. The molecule has 0 aliphatic carbocycles. The number of carbonyl (C=O) groups is 2. The van der Waals surface area contributed by atoms with Gasteiger partial charge in [0, 0.05) is 32.6 Å². The van der Waals surface area contributed by atoms with Gasteiger partial charge in [-0.05, 0) is 12.1 Å². The first kappa shape index (κ1) is 14.9. The second-order valence-corrected chi connectivity index (χ2v) is 3.74. The third-order valence-corrected chi connectivity index (χ3v) is 2.47. The maximum Gasteiger partial charge on any atom is 0.251 e. The largest absolute Gasteiger partial charge is 0.383 e. The van der Waals surface area contributed by atoms with Gasteiger partial charge in [0.15, 0.2) is 0 Å². The van der Waals surface area contributed by atoms with Gasteiger partial charge in [0.1, 0.15) is 17.3 Å². The lowest BCUT2D eigenvalue weighted by Crippen LogP contribution is -2.29. The van der Waals surface area contributed by atoms with Crippen LogP contribution in [0.4, 0.5) is 14.5 Å². The fraction of sp³-hybridized carbons (Fsp3) is 0.333. The Kier molecular flexibility index (Phi) is 5.23. The maximum atomic E-state index is 13.4. The average Bonchev–Trinajstić information content (AvgIpc) is 2.37. The fourth-order valence-electron chi connectivity index (χ4n) is 1.46. The van der Waals surface area contributed by atoms with Crippen LogP contribution >= 0.6 is 0 Å². The number of halogens is 2. The van der Waals surface area contributed by atoms with Crippen molar-refractivity contribution in [1.29, 1.82) is 0 Å². The zero-order valence-corrected chi connectivity index (χ0v) is 10.6. The molecule has 0 bridgehead atoms. The van der Waals surface area contributed by atoms with Gasteiger partial charge in [-0.1, -0.05) is 0 Å². The van der Waals surface area contributed by atoms with E-state index in [0.29, 0.717) is 0 Å². The normalized spacial score (nSPS) is 9.89. The van der Waals surface area contributed by atoms with Gasteiger partial charge >= 0.3 is 0 Å². The number of hydrogen-bond donors (Lipinski definition) is 3. The molecule has 5 nitrogen and oxygen atoms in total. The van der Waals surface area contributed by atoms with Gasteiger partial charge in [-0.15, -0.1) is 0 Å². The van der Waals surface area contributed by atoms with E-state index < -0.39 is 17.5 Å². The molecular formula is C12H15F2N3O2. The van der Waals surface area contributed by atoms with Gasteiger partial charge in [0.25, 0.3) is 5.91 Å². The first-order valence-corrected chi connectivity index (χ1v) is 5.65. The zero-order valence-electron chi connectivity index (χ0n) is 10.6. The van der Waals surface area contributed by atoms with Crippen molar-refractivity contribution >= 4 is 17.5 Å². The van der Waals surface area contributed by atoms with E-state index in [2.05, 4.69) is 16.0 Å². The van der Waals surface area contributed by atoms with Gasteiger partial charge in [-0.3, -0.25) is 9.59 Å². The first-order valence-electron chi connectivity index (χ1n) is 5.65. The van der Waals surface area contributed by atoms with Crippen molar-refractivity contribution in [2.75, 3.05) is 26.0 Å². The molecule has 0 radical (unpaired) electrons. The molecule has 0 spiro atoms. The van der Waals surface area contributed by atoms with E-state index in [1.54, 1.807) is 0 Å². The standard InChI is InChI=1S/C12H15F2N3O2/c1-15-10(18)3-4-17-12(19)7-5-8(13)11(16-2)9(14)6-7/h5-6,16H,3-4H2,1-2H3,(H,15,18)(H,17,19). The van der Waals surface area contributed by atoms with Gasteiger partial charge in [0.2, 0.25) is 5.91 Å². The summed E-state index contributed by atoms with van der Waals surface area (Å²) in [7, 11) is 2.86. The van der Waals surface area contributed by atoms with E-state index in [1.807, 2.05) is 0 Å². The highest BCUT2D eigenvalue weighted by atomic mass is 19.1. The number of rotatable bonds is 5. The summed E-state index contributed by atoms with van der Waals surface area (Å²) in [5, 5.41) is 7.16. The molecular weight excluding hydrogens is 256 g/mol. The van der Waals surface area contributed by atoms with Gasteiger partial charge in [0.05, 0.1) is 0 Å². The quantitative estimate of drug-likeness (QED) is 0.744. The van der Waals surface area contributed by atoms with Crippen LogP contribution in [0.25, 0.3) is 0 Å². The molecule has 3 N–H and O–H groups in total. The number of benzene rings is 1. The molecule has 0 atom stereocenters. The van der Waals surface area contributed by atoms with Crippen molar-refractivity contribution in [3.63, 3.8) is 0 Å². The molecule has 0 saturated carbocycles. The van der Waals surface area contributed by atoms with Gasteiger partial charge in [-0.2, -0.15) is 0 Å². The van der Waals surface area contributed by atoms with Gasteiger partial charge < -0.3 is 16.0 Å². The maximum absolute atomic E-state index is 13.4. The molecule has 7 heteroatoms. The van der Waals surface area contributed by atoms with Crippen LogP contribution in [0.5, 0.6) is 0 Å². The molecule has 0 fully saturated rings. The lowest BCUT2D eigenvalue weighted by atomic mass is 10.1. The molecule has 0 aliphatic heterocycles. The highest BCUT2D eigenvalue weighted by molar-refractivity contribution is 5.94. The second kappa shape index (κ2) is 6.67. The summed E-state index contributed by atoms with van der Waals surface area (Å²) in [6.45, 7) is 0.0928. The predicted molar refractivity (Wildman–Crippen MR) is 66.9 cm³/mol. The number of carbonyl (C=O) groups excluding carboxylic acids is 2. The average molecular weight is 271 g/mol. The summed E-state index contributed by atoms with van der Waals surface area (Å²) in [5.74, 6) is -2.56. The summed E-state index contributed by atoms with van der Waals surface area (Å²) >= 11 is 0. The number of amides is 2. The molecule has 0 aromatic heterocycles. The number of nitrogens with one attached hydrogen (secondary N) is 3. The second-order valence-electron chi connectivity index (χ2n) is 3.74. The van der Waals surface area contributed by atoms with Crippen molar-refractivity contribution in [1.82, 2.24) is 10.6 Å². The lowest BCUT2D eigenvalue weighted by molar-refractivity contribution is -0.120. The minimum Gasteiger partial charge on any atom is -0.383 e. The monoisotopic (exact) mass is 271 g/mol. The van der Waals surface area contributed by atoms with E-state index in [1.165, 1.54) is 14.1 Å². The van der Waals surface area contributed by atoms with Crippen molar-refractivity contribution in [2.45, 2.75) is 6.42 Å². The molecule has 19 heavy (non-hydrogen) atoms. The number of hydrogen-bond acceptors (Lipinski definition) is 3. The zero-order chi connectivity index (χ0) is 14.4. The van der Waals surface area contributed by atoms with Crippen LogP contribution in [0.15, 0.2) is 12.1 Å². The topological polar surface area (TPSA) is 70.2 Å². The summed E-state index contributed by atoms with van der Waals surface area (Å²) in [5.41, 5.74) is -0.423. The Morgan fingerprint density at radius 2 is 1.74 bits per heavy atom. The Balaban J connectivity index is 2.70. The minimum atomic E-state index is -0.848. The Bertz CT molecular complexity index is 469. The third kappa shape index (κ3) is 3.90. The smallest absolute Gasteiger partial charge is 0.251 e. The van der Waals surface area contributed by atoms with Crippen LogP contribution < -0.4 is 16.0 Å².